The van der Waals surface area contributed by atoms with Crippen LogP contribution in [0.2, 0.25) is 0 Å². The summed E-state index contributed by atoms with van der Waals surface area (Å²) in [5.41, 5.74) is 0. The quantitative estimate of drug-likeness (QED) is 0.682. The summed E-state index contributed by atoms with van der Waals surface area (Å²) in [7, 11) is 0. The molecule has 2 fully saturated rings. The smallest absolute Gasteiger partial charge is 0.330 e. The first-order valence-electron chi connectivity index (χ1n) is 7.60. The zero-order valence-corrected chi connectivity index (χ0v) is 12.4. The number of amides is 4. The van der Waals surface area contributed by atoms with Crippen LogP contribution in [-0.4, -0.2) is 45.6 Å². The van der Waals surface area contributed by atoms with E-state index < -0.39 is 23.7 Å². The maximum Gasteiger partial charge on any atom is 0.336 e. The molecule has 8 heteroatoms. The average molecular weight is 320 g/mol. The highest BCUT2D eigenvalue weighted by Gasteiger charge is 2.39. The fraction of sp³-hybridized carbons (Fsp3) is 0.533. The van der Waals surface area contributed by atoms with Crippen LogP contribution in [0.3, 0.4) is 0 Å². The third kappa shape index (κ3) is 2.88. The summed E-state index contributed by atoms with van der Waals surface area (Å²) >= 11 is 0. The normalized spacial score (nSPS) is 28.0. The molecular formula is C15H16N2O6. The van der Waals surface area contributed by atoms with E-state index >= 15 is 0 Å². The van der Waals surface area contributed by atoms with E-state index in [9.17, 15) is 24.0 Å². The van der Waals surface area contributed by atoms with E-state index in [4.69, 9.17) is 4.84 Å². The minimum atomic E-state index is -0.662. The lowest BCUT2D eigenvalue weighted by Crippen LogP contribution is -2.45. The summed E-state index contributed by atoms with van der Waals surface area (Å²) in [6.45, 7) is 0. The van der Waals surface area contributed by atoms with Gasteiger partial charge in [-0.05, 0) is 19.3 Å². The highest BCUT2D eigenvalue weighted by Crippen LogP contribution is 2.30. The Morgan fingerprint density at radius 2 is 1.61 bits per heavy atom. The highest BCUT2D eigenvalue weighted by atomic mass is 16.7. The van der Waals surface area contributed by atoms with Crippen molar-refractivity contribution in [1.82, 2.24) is 9.96 Å². The third-order valence-corrected chi connectivity index (χ3v) is 4.38. The standard InChI is InChI=1S/C15H16N2O6/c18-11-4-5-12(19)16(11)10-3-1-2-9(8-10)15(22)23-17-13(20)6-7-14(17)21/h4-5,9-10H,1-3,6-8H2. The van der Waals surface area contributed by atoms with Gasteiger partial charge >= 0.3 is 5.97 Å². The molecule has 0 bridgehead atoms. The molecule has 0 radical (unpaired) electrons. The average Bonchev–Trinajstić information content (AvgIpc) is 3.03. The summed E-state index contributed by atoms with van der Waals surface area (Å²) in [4.78, 5) is 64.7. The number of hydrogen-bond donors (Lipinski definition) is 0. The lowest BCUT2D eigenvalue weighted by Gasteiger charge is -2.33. The molecule has 0 aromatic rings. The van der Waals surface area contributed by atoms with Crippen molar-refractivity contribution in [3.05, 3.63) is 12.2 Å². The molecule has 122 valence electrons. The second kappa shape index (κ2) is 5.94. The lowest BCUT2D eigenvalue weighted by atomic mass is 9.85. The maximum atomic E-state index is 12.2. The van der Waals surface area contributed by atoms with Crippen molar-refractivity contribution in [2.75, 3.05) is 0 Å². The first-order chi connectivity index (χ1) is 11.0. The number of rotatable bonds is 3. The molecule has 23 heavy (non-hydrogen) atoms. The van der Waals surface area contributed by atoms with Crippen LogP contribution in [0.15, 0.2) is 12.2 Å². The van der Waals surface area contributed by atoms with Crippen LogP contribution >= 0.6 is 0 Å². The molecule has 0 aromatic heterocycles. The van der Waals surface area contributed by atoms with E-state index in [1.807, 2.05) is 0 Å². The molecule has 2 heterocycles. The van der Waals surface area contributed by atoms with Gasteiger partial charge in [0, 0.05) is 31.0 Å². The van der Waals surface area contributed by atoms with E-state index in [1.54, 1.807) is 0 Å². The SMILES string of the molecule is O=C(ON1C(=O)CCC1=O)C1CCCC(N2C(=O)C=CC2=O)C1. The Bertz CT molecular complexity index is 591. The predicted octanol–water partition coefficient (Wildman–Crippen LogP) is 0.0774. The number of imide groups is 2. The topological polar surface area (TPSA) is 101 Å². The van der Waals surface area contributed by atoms with Gasteiger partial charge in [-0.15, -0.1) is 5.06 Å². The van der Waals surface area contributed by atoms with E-state index in [0.29, 0.717) is 24.3 Å². The molecule has 1 saturated heterocycles. The second-order valence-electron chi connectivity index (χ2n) is 5.89. The van der Waals surface area contributed by atoms with Crippen LogP contribution in [0.5, 0.6) is 0 Å². The van der Waals surface area contributed by atoms with Gasteiger partial charge in [0.15, 0.2) is 0 Å². The molecule has 0 N–H and O–H groups in total. The first-order valence-corrected chi connectivity index (χ1v) is 7.60. The number of nitrogens with zero attached hydrogens (tertiary/aromatic N) is 2. The van der Waals surface area contributed by atoms with Gasteiger partial charge in [-0.3, -0.25) is 24.1 Å². The fourth-order valence-corrected chi connectivity index (χ4v) is 3.21. The molecule has 1 saturated carbocycles. The van der Waals surface area contributed by atoms with Gasteiger partial charge in [0.05, 0.1) is 5.92 Å². The van der Waals surface area contributed by atoms with Crippen molar-refractivity contribution in [3.63, 3.8) is 0 Å². The Balaban J connectivity index is 1.63. The van der Waals surface area contributed by atoms with Gasteiger partial charge in [-0.1, -0.05) is 6.42 Å². The minimum Gasteiger partial charge on any atom is -0.330 e. The number of hydrogen-bond acceptors (Lipinski definition) is 6. The van der Waals surface area contributed by atoms with E-state index in [0.717, 1.165) is 4.90 Å². The Labute approximate surface area is 132 Å². The summed E-state index contributed by atoms with van der Waals surface area (Å²) < 4.78 is 0. The number of hydroxylamine groups is 2. The molecule has 0 aromatic carbocycles. The van der Waals surface area contributed by atoms with Crippen LogP contribution in [0.25, 0.3) is 0 Å². The third-order valence-electron chi connectivity index (χ3n) is 4.38. The molecule has 3 aliphatic rings. The van der Waals surface area contributed by atoms with Crippen molar-refractivity contribution < 1.29 is 28.8 Å². The lowest BCUT2D eigenvalue weighted by molar-refractivity contribution is -0.201. The second-order valence-corrected chi connectivity index (χ2v) is 5.89. The first kappa shape index (κ1) is 15.4. The molecule has 1 aliphatic carbocycles. The Kier molecular flexibility index (Phi) is 3.97. The van der Waals surface area contributed by atoms with Crippen molar-refractivity contribution in [2.24, 2.45) is 5.92 Å². The summed E-state index contributed by atoms with van der Waals surface area (Å²) in [5, 5.41) is 0.527. The minimum absolute atomic E-state index is 0.0435. The largest absolute Gasteiger partial charge is 0.336 e. The van der Waals surface area contributed by atoms with Gasteiger partial charge in [0.1, 0.15) is 0 Å². The van der Waals surface area contributed by atoms with Crippen molar-refractivity contribution >= 4 is 29.6 Å². The van der Waals surface area contributed by atoms with Crippen molar-refractivity contribution in [2.45, 2.75) is 44.6 Å². The summed E-state index contributed by atoms with van der Waals surface area (Å²) in [6, 6.07) is -0.360. The molecule has 3 rings (SSSR count). The van der Waals surface area contributed by atoms with E-state index in [2.05, 4.69) is 0 Å². The fourth-order valence-electron chi connectivity index (χ4n) is 3.21. The highest BCUT2D eigenvalue weighted by molar-refractivity contribution is 6.13. The Morgan fingerprint density at radius 1 is 1.00 bits per heavy atom. The monoisotopic (exact) mass is 320 g/mol. The van der Waals surface area contributed by atoms with Crippen molar-refractivity contribution in [3.8, 4) is 0 Å². The zero-order chi connectivity index (χ0) is 16.6. The Hall–Kier alpha value is -2.51. The van der Waals surface area contributed by atoms with Crippen molar-refractivity contribution in [1.29, 1.82) is 0 Å². The van der Waals surface area contributed by atoms with Crippen LogP contribution in [-0.2, 0) is 28.8 Å². The van der Waals surface area contributed by atoms with Crippen LogP contribution < -0.4 is 0 Å². The van der Waals surface area contributed by atoms with Gasteiger partial charge in [-0.25, -0.2) is 4.79 Å². The molecule has 4 amide bonds. The van der Waals surface area contributed by atoms with Gasteiger partial charge in [0.2, 0.25) is 0 Å². The predicted molar refractivity (Wildman–Crippen MR) is 73.9 cm³/mol. The van der Waals surface area contributed by atoms with E-state index in [-0.39, 0.29) is 37.1 Å². The molecule has 0 spiro atoms. The summed E-state index contributed by atoms with van der Waals surface area (Å²) in [6.07, 6.45) is 4.62. The Morgan fingerprint density at radius 3 is 2.22 bits per heavy atom. The molecule has 2 atom stereocenters. The summed E-state index contributed by atoms with van der Waals surface area (Å²) in [5.74, 6) is -3.01. The molecule has 8 nitrogen and oxygen atoms in total. The van der Waals surface area contributed by atoms with E-state index in [1.165, 1.54) is 12.2 Å². The van der Waals surface area contributed by atoms with Crippen LogP contribution in [0.4, 0.5) is 0 Å². The van der Waals surface area contributed by atoms with Gasteiger partial charge < -0.3 is 4.84 Å². The number of carbonyl (C=O) groups excluding carboxylic acids is 5. The van der Waals surface area contributed by atoms with Crippen LogP contribution in [0.1, 0.15) is 38.5 Å². The van der Waals surface area contributed by atoms with Gasteiger partial charge in [-0.2, -0.15) is 0 Å². The van der Waals surface area contributed by atoms with Gasteiger partial charge in [0.25, 0.3) is 23.6 Å². The van der Waals surface area contributed by atoms with Crippen LogP contribution in [0, 0.1) is 5.92 Å². The molecule has 2 aliphatic heterocycles. The molecular weight excluding hydrogens is 304 g/mol. The molecule has 2 unspecified atom stereocenters. The zero-order valence-electron chi connectivity index (χ0n) is 12.4. The maximum absolute atomic E-state index is 12.2. The number of carbonyl (C=O) groups is 5.